The fourth-order valence-electron chi connectivity index (χ4n) is 3.56. The molecule has 4 N–H and O–H groups in total. The zero-order valence-electron chi connectivity index (χ0n) is 13.2. The first-order valence-electron chi connectivity index (χ1n) is 8.23. The Morgan fingerprint density at radius 2 is 2.26 bits per heavy atom. The largest absolute Gasteiger partial charge is 0.343 e. The van der Waals surface area contributed by atoms with Gasteiger partial charge >= 0.3 is 0 Å². The molecule has 1 aliphatic heterocycles. The lowest BCUT2D eigenvalue weighted by Gasteiger charge is -2.22. The first-order chi connectivity index (χ1) is 11.2. The second-order valence-corrected chi connectivity index (χ2v) is 6.20. The Kier molecular flexibility index (Phi) is 3.43. The number of nitrogens with zero attached hydrogens (tertiary/aromatic N) is 2. The summed E-state index contributed by atoms with van der Waals surface area (Å²) in [6.45, 7) is 2.08. The van der Waals surface area contributed by atoms with Crippen molar-refractivity contribution in [3.63, 3.8) is 0 Å². The average molecular weight is 311 g/mol. The zero-order chi connectivity index (χ0) is 16.0. The normalized spacial score (nSPS) is 21.1. The Balaban J connectivity index is 1.75. The van der Waals surface area contributed by atoms with Gasteiger partial charge in [0, 0.05) is 23.0 Å². The monoisotopic (exact) mass is 311 g/mol. The minimum atomic E-state index is -0.246. The molecule has 2 aromatic rings. The number of rotatable bonds is 2. The average Bonchev–Trinajstić information content (AvgIpc) is 3.15. The molecule has 1 aliphatic carbocycles. The molecule has 0 spiro atoms. The van der Waals surface area contributed by atoms with Crippen LogP contribution in [0.5, 0.6) is 0 Å². The van der Waals surface area contributed by atoms with Crippen LogP contribution in [0, 0.1) is 0 Å². The van der Waals surface area contributed by atoms with Gasteiger partial charge in [-0.1, -0.05) is 6.92 Å². The SMILES string of the molecule is CCc1cc2c(C(=O)N3NC(N)C4=C3CCCC4)ccnc2[nH]1. The maximum absolute atomic E-state index is 13.1. The van der Waals surface area contributed by atoms with Crippen LogP contribution in [0.1, 0.15) is 48.7 Å². The van der Waals surface area contributed by atoms with Gasteiger partial charge in [0.25, 0.3) is 5.91 Å². The third kappa shape index (κ3) is 2.26. The van der Waals surface area contributed by atoms with Crippen molar-refractivity contribution in [1.82, 2.24) is 20.4 Å². The lowest BCUT2D eigenvalue weighted by Crippen LogP contribution is -2.45. The van der Waals surface area contributed by atoms with Crippen molar-refractivity contribution in [2.45, 2.75) is 45.2 Å². The first-order valence-corrected chi connectivity index (χ1v) is 8.23. The summed E-state index contributed by atoms with van der Waals surface area (Å²) in [6, 6.07) is 3.80. The van der Waals surface area contributed by atoms with E-state index < -0.39 is 0 Å². The number of H-pyrrole nitrogens is 1. The van der Waals surface area contributed by atoms with E-state index in [-0.39, 0.29) is 12.1 Å². The predicted octanol–water partition coefficient (Wildman–Crippen LogP) is 2.20. The Labute approximate surface area is 134 Å². The number of hydrogen-bond donors (Lipinski definition) is 3. The highest BCUT2D eigenvalue weighted by Gasteiger charge is 2.34. The van der Waals surface area contributed by atoms with Crippen molar-refractivity contribution in [1.29, 1.82) is 0 Å². The quantitative estimate of drug-likeness (QED) is 0.793. The van der Waals surface area contributed by atoms with Crippen molar-refractivity contribution >= 4 is 16.9 Å². The van der Waals surface area contributed by atoms with Crippen LogP contribution in [0.4, 0.5) is 0 Å². The Hall–Kier alpha value is -2.18. The molecule has 0 fully saturated rings. The van der Waals surface area contributed by atoms with Crippen LogP contribution in [0.3, 0.4) is 0 Å². The van der Waals surface area contributed by atoms with Gasteiger partial charge in [-0.2, -0.15) is 0 Å². The number of aryl methyl sites for hydroxylation is 1. The summed E-state index contributed by atoms with van der Waals surface area (Å²) in [6.07, 6.45) is 6.44. The molecule has 0 saturated carbocycles. The van der Waals surface area contributed by atoms with Crippen LogP contribution in [0.25, 0.3) is 11.0 Å². The highest BCUT2D eigenvalue weighted by molar-refractivity contribution is 6.06. The summed E-state index contributed by atoms with van der Waals surface area (Å²) in [5.41, 5.74) is 14.0. The zero-order valence-corrected chi connectivity index (χ0v) is 13.2. The minimum absolute atomic E-state index is 0.0543. The fraction of sp³-hybridized carbons (Fsp3) is 0.412. The molecule has 0 aromatic carbocycles. The van der Waals surface area contributed by atoms with Crippen molar-refractivity contribution < 1.29 is 4.79 Å². The molecule has 1 atom stereocenters. The van der Waals surface area contributed by atoms with E-state index in [4.69, 9.17) is 5.73 Å². The molecular weight excluding hydrogens is 290 g/mol. The maximum Gasteiger partial charge on any atom is 0.273 e. The van der Waals surface area contributed by atoms with E-state index in [9.17, 15) is 4.79 Å². The molecule has 4 rings (SSSR count). The van der Waals surface area contributed by atoms with Gasteiger partial charge < -0.3 is 10.7 Å². The molecule has 1 unspecified atom stereocenters. The third-order valence-electron chi connectivity index (χ3n) is 4.80. The topological polar surface area (TPSA) is 87.0 Å². The van der Waals surface area contributed by atoms with E-state index >= 15 is 0 Å². The predicted molar refractivity (Wildman–Crippen MR) is 88.2 cm³/mol. The molecule has 23 heavy (non-hydrogen) atoms. The number of aromatic amines is 1. The number of aromatic nitrogens is 2. The minimum Gasteiger partial charge on any atom is -0.343 e. The van der Waals surface area contributed by atoms with Crippen LogP contribution >= 0.6 is 0 Å². The highest BCUT2D eigenvalue weighted by Crippen LogP contribution is 2.33. The van der Waals surface area contributed by atoms with Crippen LogP contribution in [0.2, 0.25) is 0 Å². The molecule has 0 radical (unpaired) electrons. The van der Waals surface area contributed by atoms with E-state index in [0.29, 0.717) is 5.56 Å². The number of fused-ring (bicyclic) bond motifs is 1. The summed E-state index contributed by atoms with van der Waals surface area (Å²) in [5.74, 6) is -0.0543. The van der Waals surface area contributed by atoms with Gasteiger partial charge in [-0.25, -0.2) is 15.4 Å². The van der Waals surface area contributed by atoms with Crippen LogP contribution in [0.15, 0.2) is 29.6 Å². The summed E-state index contributed by atoms with van der Waals surface area (Å²) >= 11 is 0. The molecule has 1 amide bonds. The summed E-state index contributed by atoms with van der Waals surface area (Å²) < 4.78 is 0. The maximum atomic E-state index is 13.1. The number of carbonyl (C=O) groups is 1. The van der Waals surface area contributed by atoms with E-state index in [1.54, 1.807) is 17.3 Å². The van der Waals surface area contributed by atoms with Crippen LogP contribution < -0.4 is 11.2 Å². The molecule has 0 bridgehead atoms. The van der Waals surface area contributed by atoms with Crippen molar-refractivity contribution in [3.05, 3.63) is 40.9 Å². The van der Waals surface area contributed by atoms with E-state index in [2.05, 4.69) is 22.3 Å². The molecule has 6 nitrogen and oxygen atoms in total. The molecular formula is C17H21N5O. The number of hydrogen-bond acceptors (Lipinski definition) is 4. The van der Waals surface area contributed by atoms with Crippen molar-refractivity contribution in [2.75, 3.05) is 0 Å². The Bertz CT molecular complexity index is 806. The van der Waals surface area contributed by atoms with Gasteiger partial charge in [0.1, 0.15) is 5.65 Å². The summed E-state index contributed by atoms with van der Waals surface area (Å²) in [5, 5.41) is 2.53. The smallest absolute Gasteiger partial charge is 0.273 e. The van der Waals surface area contributed by atoms with Gasteiger partial charge in [0.2, 0.25) is 0 Å². The third-order valence-corrected chi connectivity index (χ3v) is 4.80. The standard InChI is InChI=1S/C17H21N5O/c1-2-10-9-13-11(7-8-19-16(13)20-10)17(23)22-14-6-4-3-5-12(14)15(18)21-22/h7-9,15,21H,2-6,18H2,1H3,(H,19,20). The lowest BCUT2D eigenvalue weighted by atomic mass is 9.95. The van der Waals surface area contributed by atoms with Crippen LogP contribution in [-0.4, -0.2) is 27.0 Å². The Morgan fingerprint density at radius 3 is 3.09 bits per heavy atom. The van der Waals surface area contributed by atoms with E-state index in [0.717, 1.165) is 54.5 Å². The number of carbonyl (C=O) groups excluding carboxylic acids is 1. The molecule has 2 aromatic heterocycles. The van der Waals surface area contributed by atoms with E-state index in [1.807, 2.05) is 6.07 Å². The number of nitrogens with one attached hydrogen (secondary N) is 2. The van der Waals surface area contributed by atoms with Gasteiger partial charge in [0.15, 0.2) is 0 Å². The lowest BCUT2D eigenvalue weighted by molar-refractivity contribution is 0.0738. The summed E-state index contributed by atoms with van der Waals surface area (Å²) in [4.78, 5) is 20.7. The second kappa shape index (κ2) is 5.47. The van der Waals surface area contributed by atoms with Crippen molar-refractivity contribution in [3.8, 4) is 0 Å². The molecule has 120 valence electrons. The van der Waals surface area contributed by atoms with Gasteiger partial charge in [0.05, 0.1) is 11.7 Å². The van der Waals surface area contributed by atoms with Gasteiger partial charge in [-0.05, 0) is 49.8 Å². The molecule has 0 saturated heterocycles. The highest BCUT2D eigenvalue weighted by atomic mass is 16.2. The van der Waals surface area contributed by atoms with Gasteiger partial charge in [-0.15, -0.1) is 0 Å². The number of nitrogens with two attached hydrogens (primary N) is 1. The number of amides is 1. The Morgan fingerprint density at radius 1 is 1.43 bits per heavy atom. The number of hydrazine groups is 1. The fourth-order valence-corrected chi connectivity index (χ4v) is 3.56. The molecule has 6 heteroatoms. The van der Waals surface area contributed by atoms with Crippen LogP contribution in [-0.2, 0) is 6.42 Å². The van der Waals surface area contributed by atoms with Gasteiger partial charge in [-0.3, -0.25) is 4.79 Å². The molecule has 3 heterocycles. The molecule has 2 aliphatic rings. The number of allylic oxidation sites excluding steroid dienone is 1. The van der Waals surface area contributed by atoms with Crippen molar-refractivity contribution in [2.24, 2.45) is 5.73 Å². The second-order valence-electron chi connectivity index (χ2n) is 6.20. The number of pyridine rings is 1. The summed E-state index contributed by atoms with van der Waals surface area (Å²) in [7, 11) is 0. The van der Waals surface area contributed by atoms with E-state index in [1.165, 1.54) is 5.57 Å². The first kappa shape index (κ1) is 14.4.